The van der Waals surface area contributed by atoms with Gasteiger partial charge in [0.2, 0.25) is 0 Å². The Labute approximate surface area is 107 Å². The van der Waals surface area contributed by atoms with Crippen LogP contribution in [0, 0.1) is 11.3 Å². The summed E-state index contributed by atoms with van der Waals surface area (Å²) in [7, 11) is 2.14. The molecule has 2 rings (SSSR count). The molecule has 0 aromatic heterocycles. The minimum absolute atomic E-state index is 0.531. The maximum absolute atomic E-state index is 3.56. The van der Waals surface area contributed by atoms with Gasteiger partial charge in [-0.05, 0) is 51.0 Å². The van der Waals surface area contributed by atoms with Crippen LogP contribution < -0.4 is 5.32 Å². The molecule has 1 heterocycles. The fourth-order valence-corrected chi connectivity index (χ4v) is 4.03. The molecule has 2 nitrogen and oxygen atoms in total. The first kappa shape index (κ1) is 13.4. The Morgan fingerprint density at radius 1 is 1.24 bits per heavy atom. The van der Waals surface area contributed by atoms with E-state index in [1.165, 1.54) is 32.2 Å². The van der Waals surface area contributed by atoms with Crippen LogP contribution in [0.15, 0.2) is 0 Å². The summed E-state index contributed by atoms with van der Waals surface area (Å²) in [6.07, 6.45) is 5.45. The molecule has 1 aliphatic heterocycles. The van der Waals surface area contributed by atoms with Crippen LogP contribution in [0.25, 0.3) is 0 Å². The number of nitrogens with zero attached hydrogens (tertiary/aromatic N) is 1. The predicted molar refractivity (Wildman–Crippen MR) is 74.2 cm³/mol. The Morgan fingerprint density at radius 2 is 1.94 bits per heavy atom. The molecule has 0 aromatic rings. The highest BCUT2D eigenvalue weighted by atomic mass is 15.2. The lowest BCUT2D eigenvalue weighted by atomic mass is 9.72. The summed E-state index contributed by atoms with van der Waals surface area (Å²) in [4.78, 5) is 2.78. The fraction of sp³-hybridized carbons (Fsp3) is 1.00. The van der Waals surface area contributed by atoms with Gasteiger partial charge in [0.1, 0.15) is 0 Å². The van der Waals surface area contributed by atoms with Crippen LogP contribution in [0.5, 0.6) is 0 Å². The summed E-state index contributed by atoms with van der Waals surface area (Å²) >= 11 is 0. The molecule has 0 bridgehead atoms. The first-order valence-electron chi connectivity index (χ1n) is 7.36. The van der Waals surface area contributed by atoms with Crippen molar-refractivity contribution in [3.63, 3.8) is 0 Å². The van der Waals surface area contributed by atoms with Gasteiger partial charge in [0.25, 0.3) is 0 Å². The largest absolute Gasteiger partial charge is 0.315 e. The minimum Gasteiger partial charge on any atom is -0.315 e. The summed E-state index contributed by atoms with van der Waals surface area (Å²) in [6, 6.07) is 2.24. The fourth-order valence-electron chi connectivity index (χ4n) is 4.03. The molecular formula is C15H30N2. The Bertz CT molecular complexity index is 262. The lowest BCUT2D eigenvalue weighted by Crippen LogP contribution is -2.54. The van der Waals surface area contributed by atoms with Crippen molar-refractivity contribution in [3.05, 3.63) is 0 Å². The summed E-state index contributed by atoms with van der Waals surface area (Å²) in [6.45, 7) is 11.0. The molecule has 1 aliphatic carbocycles. The van der Waals surface area contributed by atoms with Gasteiger partial charge in [-0.25, -0.2) is 0 Å². The zero-order valence-corrected chi connectivity index (χ0v) is 12.3. The van der Waals surface area contributed by atoms with Crippen molar-refractivity contribution in [2.24, 2.45) is 11.3 Å². The van der Waals surface area contributed by atoms with Crippen molar-refractivity contribution in [3.8, 4) is 0 Å². The lowest BCUT2D eigenvalue weighted by molar-refractivity contribution is 0.0619. The van der Waals surface area contributed by atoms with Gasteiger partial charge < -0.3 is 5.32 Å². The summed E-state index contributed by atoms with van der Waals surface area (Å²) in [5.74, 6) is 0.882. The smallest absolute Gasteiger partial charge is 0.0257 e. The molecule has 17 heavy (non-hydrogen) atoms. The van der Waals surface area contributed by atoms with Crippen LogP contribution in [0.3, 0.4) is 0 Å². The Morgan fingerprint density at radius 3 is 2.47 bits per heavy atom. The van der Waals surface area contributed by atoms with Crippen molar-refractivity contribution >= 4 is 0 Å². The van der Waals surface area contributed by atoms with Crippen LogP contribution >= 0.6 is 0 Å². The number of nitrogens with one attached hydrogen (secondary N) is 1. The molecule has 2 fully saturated rings. The van der Waals surface area contributed by atoms with Crippen molar-refractivity contribution < 1.29 is 0 Å². The van der Waals surface area contributed by atoms with Crippen molar-refractivity contribution in [2.75, 3.05) is 13.6 Å². The predicted octanol–water partition coefficient (Wildman–Crippen LogP) is 2.88. The monoisotopic (exact) mass is 238 g/mol. The second-order valence-corrected chi connectivity index (χ2v) is 7.26. The molecule has 0 amide bonds. The van der Waals surface area contributed by atoms with E-state index in [1.807, 2.05) is 0 Å². The number of likely N-dealkylation sites (N-methyl/N-ethyl adjacent to an activating group) is 1. The van der Waals surface area contributed by atoms with Crippen molar-refractivity contribution in [2.45, 2.75) is 71.5 Å². The van der Waals surface area contributed by atoms with E-state index in [0.29, 0.717) is 11.5 Å². The third-order valence-corrected chi connectivity index (χ3v) is 4.99. The molecule has 4 atom stereocenters. The third kappa shape index (κ3) is 2.85. The summed E-state index contributed by atoms with van der Waals surface area (Å²) in [5.41, 5.74) is 0.531. The van der Waals surface area contributed by atoms with Gasteiger partial charge in [-0.1, -0.05) is 20.8 Å². The van der Waals surface area contributed by atoms with Gasteiger partial charge in [0.15, 0.2) is 0 Å². The van der Waals surface area contributed by atoms with Crippen LogP contribution in [0.2, 0.25) is 0 Å². The zero-order valence-electron chi connectivity index (χ0n) is 12.3. The van der Waals surface area contributed by atoms with Gasteiger partial charge in [0, 0.05) is 24.7 Å². The highest BCUT2D eigenvalue weighted by Gasteiger charge is 2.41. The standard InChI is InChI=1S/C15H30N2/c1-11-8-12(2)17(10-11)14-9-15(3,4)7-6-13(14)16-5/h11-14,16H,6-10H2,1-5H3. The number of hydrogen-bond donors (Lipinski definition) is 1. The van der Waals surface area contributed by atoms with E-state index in [4.69, 9.17) is 0 Å². The highest BCUT2D eigenvalue weighted by molar-refractivity contribution is 4.97. The van der Waals surface area contributed by atoms with Gasteiger partial charge in [-0.15, -0.1) is 0 Å². The molecule has 0 aromatic carbocycles. The number of hydrogen-bond acceptors (Lipinski definition) is 2. The Kier molecular flexibility index (Phi) is 3.84. The van der Waals surface area contributed by atoms with Crippen LogP contribution in [0.1, 0.15) is 53.4 Å². The second kappa shape index (κ2) is 4.89. The second-order valence-electron chi connectivity index (χ2n) is 7.26. The van der Waals surface area contributed by atoms with Gasteiger partial charge in [-0.3, -0.25) is 4.90 Å². The topological polar surface area (TPSA) is 15.3 Å². The summed E-state index contributed by atoms with van der Waals surface area (Å²) in [5, 5.41) is 3.56. The van der Waals surface area contributed by atoms with Crippen LogP contribution in [-0.4, -0.2) is 36.6 Å². The van der Waals surface area contributed by atoms with E-state index in [2.05, 4.69) is 45.0 Å². The quantitative estimate of drug-likeness (QED) is 0.796. The van der Waals surface area contributed by atoms with E-state index in [-0.39, 0.29) is 0 Å². The molecule has 4 unspecified atom stereocenters. The SMILES string of the molecule is CNC1CCC(C)(C)CC1N1CC(C)CC1C. The normalized spacial score (nSPS) is 42.9. The molecule has 1 saturated carbocycles. The van der Waals surface area contributed by atoms with E-state index < -0.39 is 0 Å². The van der Waals surface area contributed by atoms with E-state index in [0.717, 1.165) is 18.0 Å². The molecule has 2 heteroatoms. The maximum atomic E-state index is 3.56. The zero-order chi connectivity index (χ0) is 12.6. The molecular weight excluding hydrogens is 208 g/mol. The minimum atomic E-state index is 0.531. The van der Waals surface area contributed by atoms with E-state index in [9.17, 15) is 0 Å². The Balaban J connectivity index is 2.10. The molecule has 2 aliphatic rings. The summed E-state index contributed by atoms with van der Waals surface area (Å²) < 4.78 is 0. The molecule has 1 saturated heterocycles. The first-order valence-corrected chi connectivity index (χ1v) is 7.36. The van der Waals surface area contributed by atoms with Crippen LogP contribution in [0.4, 0.5) is 0 Å². The molecule has 1 N–H and O–H groups in total. The van der Waals surface area contributed by atoms with Crippen LogP contribution in [-0.2, 0) is 0 Å². The molecule has 100 valence electrons. The third-order valence-electron chi connectivity index (χ3n) is 4.99. The maximum Gasteiger partial charge on any atom is 0.0257 e. The van der Waals surface area contributed by atoms with E-state index >= 15 is 0 Å². The molecule has 0 spiro atoms. The Hall–Kier alpha value is -0.0800. The van der Waals surface area contributed by atoms with E-state index in [1.54, 1.807) is 0 Å². The molecule has 0 radical (unpaired) electrons. The van der Waals surface area contributed by atoms with Gasteiger partial charge in [0.05, 0.1) is 0 Å². The van der Waals surface area contributed by atoms with Crippen molar-refractivity contribution in [1.82, 2.24) is 10.2 Å². The van der Waals surface area contributed by atoms with Crippen molar-refractivity contribution in [1.29, 1.82) is 0 Å². The average molecular weight is 238 g/mol. The van der Waals surface area contributed by atoms with Gasteiger partial charge >= 0.3 is 0 Å². The first-order chi connectivity index (χ1) is 7.93. The lowest BCUT2D eigenvalue weighted by Gasteiger charge is -2.46. The average Bonchev–Trinajstić information content (AvgIpc) is 2.56. The van der Waals surface area contributed by atoms with Gasteiger partial charge in [-0.2, -0.15) is 0 Å². The highest BCUT2D eigenvalue weighted by Crippen LogP contribution is 2.40. The number of likely N-dealkylation sites (tertiary alicyclic amines) is 1. The number of rotatable bonds is 2.